The number of carbonyl (C=O) groups is 1. The van der Waals surface area contributed by atoms with Gasteiger partial charge in [-0.25, -0.2) is 0 Å². The van der Waals surface area contributed by atoms with Gasteiger partial charge >= 0.3 is 0 Å². The van der Waals surface area contributed by atoms with Gasteiger partial charge in [-0.05, 0) is 36.6 Å². The molecule has 0 saturated carbocycles. The Labute approximate surface area is 143 Å². The fourth-order valence-electron chi connectivity index (χ4n) is 2.88. The number of carbonyl (C=O) groups excluding carboxylic acids is 1. The van der Waals surface area contributed by atoms with Gasteiger partial charge in [0.05, 0.1) is 17.3 Å². The Morgan fingerprint density at radius 2 is 2.23 bits per heavy atom. The second-order valence-electron chi connectivity index (χ2n) is 5.53. The Morgan fingerprint density at radius 3 is 3.00 bits per heavy atom. The van der Waals surface area contributed by atoms with Crippen molar-refractivity contribution in [1.82, 2.24) is 0 Å². The molecule has 0 aliphatic carbocycles. The standard InChI is InChI=1S/C16H16Cl2N2OS/c1-10-12-5-7-22-15(12)4-6-20(10)9-16(21)19-14-3-2-11(17)8-13(14)18/h2-3,5,7-8,10H,4,6,9H2,1H3,(H,19,21)/p+1/t10-/m0/s1. The highest BCUT2D eigenvalue weighted by Crippen LogP contribution is 2.26. The van der Waals surface area contributed by atoms with Crippen LogP contribution in [0.5, 0.6) is 0 Å². The summed E-state index contributed by atoms with van der Waals surface area (Å²) in [5, 5.41) is 6.03. The van der Waals surface area contributed by atoms with Crippen molar-refractivity contribution in [2.24, 2.45) is 0 Å². The Morgan fingerprint density at radius 1 is 1.41 bits per heavy atom. The van der Waals surface area contributed by atoms with Crippen LogP contribution in [0.2, 0.25) is 10.0 Å². The lowest BCUT2D eigenvalue weighted by Crippen LogP contribution is -3.14. The zero-order chi connectivity index (χ0) is 15.7. The largest absolute Gasteiger partial charge is 0.321 e. The van der Waals surface area contributed by atoms with Crippen LogP contribution >= 0.6 is 34.5 Å². The Kier molecular flexibility index (Phi) is 4.73. The third-order valence-electron chi connectivity index (χ3n) is 4.12. The number of fused-ring (bicyclic) bond motifs is 1. The highest BCUT2D eigenvalue weighted by molar-refractivity contribution is 7.10. The summed E-state index contributed by atoms with van der Waals surface area (Å²) in [4.78, 5) is 15.0. The number of rotatable bonds is 3. The van der Waals surface area contributed by atoms with Crippen LogP contribution in [0, 0.1) is 0 Å². The van der Waals surface area contributed by atoms with Crippen molar-refractivity contribution in [3.63, 3.8) is 0 Å². The molecule has 1 aromatic heterocycles. The first kappa shape index (κ1) is 15.8. The molecule has 0 spiro atoms. The first-order chi connectivity index (χ1) is 10.5. The van der Waals surface area contributed by atoms with Crippen molar-refractivity contribution in [2.75, 3.05) is 18.4 Å². The lowest BCUT2D eigenvalue weighted by atomic mass is 10.0. The molecule has 2 atom stereocenters. The van der Waals surface area contributed by atoms with Crippen LogP contribution in [0.1, 0.15) is 23.4 Å². The van der Waals surface area contributed by atoms with Crippen molar-refractivity contribution in [2.45, 2.75) is 19.4 Å². The Hall–Kier alpha value is -1.07. The average Bonchev–Trinajstić information content (AvgIpc) is 2.94. The van der Waals surface area contributed by atoms with Gasteiger partial charge in [0.15, 0.2) is 6.54 Å². The van der Waals surface area contributed by atoms with E-state index < -0.39 is 0 Å². The molecule has 116 valence electrons. The Bertz CT molecular complexity index is 701. The Balaban J connectivity index is 1.65. The second-order valence-corrected chi connectivity index (χ2v) is 7.37. The normalized spacial score (nSPS) is 20.5. The first-order valence-corrected chi connectivity index (χ1v) is 8.84. The molecule has 1 aliphatic heterocycles. The van der Waals surface area contributed by atoms with Crippen molar-refractivity contribution in [3.8, 4) is 0 Å². The molecule has 2 heterocycles. The molecule has 1 amide bonds. The van der Waals surface area contributed by atoms with E-state index in [1.807, 2.05) is 11.3 Å². The quantitative estimate of drug-likeness (QED) is 0.870. The number of amides is 1. The van der Waals surface area contributed by atoms with E-state index in [4.69, 9.17) is 23.2 Å². The third kappa shape index (κ3) is 3.30. The third-order valence-corrected chi connectivity index (χ3v) is 5.67. The van der Waals surface area contributed by atoms with Crippen molar-refractivity contribution in [1.29, 1.82) is 0 Å². The summed E-state index contributed by atoms with van der Waals surface area (Å²) in [6.07, 6.45) is 1.04. The van der Waals surface area contributed by atoms with E-state index in [1.54, 1.807) is 18.2 Å². The fraction of sp³-hybridized carbons (Fsp3) is 0.312. The molecule has 2 aromatic rings. The van der Waals surface area contributed by atoms with Gasteiger partial charge in [0.25, 0.3) is 5.91 Å². The summed E-state index contributed by atoms with van der Waals surface area (Å²) in [6, 6.07) is 7.61. The molecule has 3 rings (SSSR count). The van der Waals surface area contributed by atoms with Gasteiger partial charge in [-0.1, -0.05) is 23.2 Å². The minimum atomic E-state index is -0.0234. The van der Waals surface area contributed by atoms with E-state index in [1.165, 1.54) is 15.3 Å². The first-order valence-electron chi connectivity index (χ1n) is 7.20. The van der Waals surface area contributed by atoms with Crippen molar-refractivity contribution < 1.29 is 9.69 Å². The lowest BCUT2D eigenvalue weighted by Gasteiger charge is -2.29. The zero-order valence-corrected chi connectivity index (χ0v) is 14.5. The van der Waals surface area contributed by atoms with E-state index >= 15 is 0 Å². The number of halogens is 2. The smallest absolute Gasteiger partial charge is 0.279 e. The van der Waals surface area contributed by atoms with Crippen LogP contribution in [-0.4, -0.2) is 19.0 Å². The molecule has 0 radical (unpaired) electrons. The van der Waals surface area contributed by atoms with Crippen molar-refractivity contribution in [3.05, 3.63) is 50.1 Å². The predicted octanol–water partition coefficient (Wildman–Crippen LogP) is 3.20. The molecule has 1 aliphatic rings. The van der Waals surface area contributed by atoms with Crippen molar-refractivity contribution >= 4 is 46.1 Å². The molecule has 3 nitrogen and oxygen atoms in total. The molecule has 0 fully saturated rings. The number of nitrogens with one attached hydrogen (secondary N) is 2. The van der Waals surface area contributed by atoms with Gasteiger partial charge in [-0.2, -0.15) is 0 Å². The number of quaternary nitrogens is 1. The maximum Gasteiger partial charge on any atom is 0.279 e. The van der Waals surface area contributed by atoms with Crippen LogP contribution in [0.15, 0.2) is 29.6 Å². The summed E-state index contributed by atoms with van der Waals surface area (Å²) < 4.78 is 0. The molecule has 0 saturated heterocycles. The van der Waals surface area contributed by atoms with Gasteiger partial charge in [0, 0.05) is 21.9 Å². The monoisotopic (exact) mass is 355 g/mol. The zero-order valence-electron chi connectivity index (χ0n) is 12.2. The average molecular weight is 356 g/mol. The van der Waals surface area contributed by atoms with E-state index in [2.05, 4.69) is 23.7 Å². The van der Waals surface area contributed by atoms with Gasteiger partial charge in [-0.3, -0.25) is 4.79 Å². The molecule has 22 heavy (non-hydrogen) atoms. The molecule has 1 unspecified atom stereocenters. The van der Waals surface area contributed by atoms with Gasteiger partial charge in [-0.15, -0.1) is 11.3 Å². The van der Waals surface area contributed by atoms with Gasteiger partial charge < -0.3 is 10.2 Å². The van der Waals surface area contributed by atoms with Crippen LogP contribution in [-0.2, 0) is 11.2 Å². The van der Waals surface area contributed by atoms with E-state index in [0.717, 1.165) is 13.0 Å². The maximum absolute atomic E-state index is 12.3. The summed E-state index contributed by atoms with van der Waals surface area (Å²) in [5.74, 6) is -0.0234. The number of thiophene rings is 1. The van der Waals surface area contributed by atoms with Crippen LogP contribution in [0.4, 0.5) is 5.69 Å². The summed E-state index contributed by atoms with van der Waals surface area (Å²) >= 11 is 13.8. The van der Waals surface area contributed by atoms with Crippen LogP contribution < -0.4 is 10.2 Å². The fourth-order valence-corrected chi connectivity index (χ4v) is 4.32. The van der Waals surface area contributed by atoms with Gasteiger partial charge in [0.2, 0.25) is 0 Å². The number of benzene rings is 1. The van der Waals surface area contributed by atoms with E-state index in [-0.39, 0.29) is 5.91 Å². The summed E-state index contributed by atoms with van der Waals surface area (Å²) in [6.45, 7) is 3.61. The van der Waals surface area contributed by atoms with Gasteiger partial charge in [0.1, 0.15) is 6.04 Å². The highest BCUT2D eigenvalue weighted by atomic mass is 35.5. The molecular weight excluding hydrogens is 339 g/mol. The number of anilines is 1. The van der Waals surface area contributed by atoms with Crippen LogP contribution in [0.3, 0.4) is 0 Å². The topological polar surface area (TPSA) is 33.5 Å². The second kappa shape index (κ2) is 6.59. The summed E-state index contributed by atoms with van der Waals surface area (Å²) in [7, 11) is 0. The molecular formula is C16H17Cl2N2OS+. The highest BCUT2D eigenvalue weighted by Gasteiger charge is 2.29. The van der Waals surface area contributed by atoms with Crippen LogP contribution in [0.25, 0.3) is 0 Å². The summed E-state index contributed by atoms with van der Waals surface area (Å²) in [5.41, 5.74) is 1.99. The minimum absolute atomic E-state index is 0.0234. The molecule has 6 heteroatoms. The van der Waals surface area contributed by atoms with E-state index in [0.29, 0.717) is 28.3 Å². The molecule has 1 aromatic carbocycles. The number of hydrogen-bond acceptors (Lipinski definition) is 2. The predicted molar refractivity (Wildman–Crippen MR) is 92.2 cm³/mol. The van der Waals surface area contributed by atoms with E-state index in [9.17, 15) is 4.79 Å². The lowest BCUT2D eigenvalue weighted by molar-refractivity contribution is -0.923. The molecule has 0 bridgehead atoms. The molecule has 2 N–H and O–H groups in total. The minimum Gasteiger partial charge on any atom is -0.321 e. The maximum atomic E-state index is 12.3. The SMILES string of the molecule is C[C@H]1c2ccsc2CC[NH+]1CC(=O)Nc1ccc(Cl)cc1Cl. The number of hydrogen-bond donors (Lipinski definition) is 2.